The molecular weight excluding hydrogens is 324 g/mol. The van der Waals surface area contributed by atoms with E-state index < -0.39 is 54.9 Å². The van der Waals surface area contributed by atoms with Crippen molar-refractivity contribution in [3.63, 3.8) is 0 Å². The van der Waals surface area contributed by atoms with Crippen LogP contribution in [-0.4, -0.2) is 75.3 Å². The SMILES string of the molecule is CCC(CC(=O)OC(CC)C(=O)O)O[C@@H]1OC(C)[C@H](O)[C@H](O)C1O. The van der Waals surface area contributed by atoms with Gasteiger partial charge in [0.1, 0.15) is 18.3 Å². The van der Waals surface area contributed by atoms with E-state index in [0.29, 0.717) is 6.42 Å². The second kappa shape index (κ2) is 9.28. The number of esters is 1. The lowest BCUT2D eigenvalue weighted by Gasteiger charge is -2.40. The number of hydrogen-bond acceptors (Lipinski definition) is 8. The highest BCUT2D eigenvalue weighted by Crippen LogP contribution is 2.24. The summed E-state index contributed by atoms with van der Waals surface area (Å²) in [5.41, 5.74) is 0. The smallest absolute Gasteiger partial charge is 0.345 e. The standard InChI is InChI=1S/C15H26O9/c1-4-8(6-10(16)24-9(5-2)14(20)21)23-15-13(19)12(18)11(17)7(3)22-15/h7-9,11-13,15,17-19H,4-6H2,1-3H3,(H,20,21)/t7?,8?,9?,11-,12-,13?,15-/m0/s1. The van der Waals surface area contributed by atoms with Crippen LogP contribution in [0, 0.1) is 0 Å². The molecule has 1 rings (SSSR count). The Kier molecular flexibility index (Phi) is 8.04. The van der Waals surface area contributed by atoms with Gasteiger partial charge in [0.25, 0.3) is 0 Å². The number of hydrogen-bond donors (Lipinski definition) is 4. The van der Waals surface area contributed by atoms with Crippen LogP contribution in [0.15, 0.2) is 0 Å². The van der Waals surface area contributed by atoms with E-state index in [0.717, 1.165) is 0 Å². The number of carboxylic acids is 1. The maximum Gasteiger partial charge on any atom is 0.345 e. The van der Waals surface area contributed by atoms with E-state index in [1.807, 2.05) is 0 Å². The quantitative estimate of drug-likeness (QED) is 0.422. The topological polar surface area (TPSA) is 143 Å². The van der Waals surface area contributed by atoms with E-state index >= 15 is 0 Å². The maximum atomic E-state index is 11.8. The molecule has 1 heterocycles. The summed E-state index contributed by atoms with van der Waals surface area (Å²) in [5, 5.41) is 38.2. The van der Waals surface area contributed by atoms with Gasteiger partial charge in [-0.25, -0.2) is 4.79 Å². The molecule has 0 bridgehead atoms. The molecule has 0 aromatic carbocycles. The molecule has 1 aliphatic heterocycles. The van der Waals surface area contributed by atoms with Gasteiger partial charge in [-0.05, 0) is 19.8 Å². The number of carbonyl (C=O) groups is 2. The first-order valence-corrected chi connectivity index (χ1v) is 7.98. The molecule has 0 aliphatic carbocycles. The van der Waals surface area contributed by atoms with E-state index in [1.165, 1.54) is 6.92 Å². The van der Waals surface area contributed by atoms with Crippen molar-refractivity contribution in [1.82, 2.24) is 0 Å². The van der Waals surface area contributed by atoms with E-state index in [1.54, 1.807) is 13.8 Å². The molecule has 9 heteroatoms. The Hall–Kier alpha value is -1.26. The van der Waals surface area contributed by atoms with Gasteiger partial charge < -0.3 is 34.6 Å². The summed E-state index contributed by atoms with van der Waals surface area (Å²) < 4.78 is 15.7. The van der Waals surface area contributed by atoms with Crippen LogP contribution in [0.5, 0.6) is 0 Å². The van der Waals surface area contributed by atoms with Gasteiger partial charge in [0.05, 0.1) is 18.6 Å². The van der Waals surface area contributed by atoms with Crippen molar-refractivity contribution in [1.29, 1.82) is 0 Å². The Balaban J connectivity index is 2.60. The zero-order valence-corrected chi connectivity index (χ0v) is 14.0. The lowest BCUT2D eigenvalue weighted by molar-refractivity contribution is -0.304. The number of aliphatic carboxylic acids is 1. The second-order valence-corrected chi connectivity index (χ2v) is 5.78. The summed E-state index contributed by atoms with van der Waals surface area (Å²) in [6.45, 7) is 4.83. The van der Waals surface area contributed by atoms with Gasteiger partial charge in [0.15, 0.2) is 12.4 Å². The molecule has 4 unspecified atom stereocenters. The number of aliphatic hydroxyl groups is 3. The van der Waals surface area contributed by atoms with Crippen molar-refractivity contribution in [3.8, 4) is 0 Å². The minimum Gasteiger partial charge on any atom is -0.479 e. The zero-order valence-electron chi connectivity index (χ0n) is 14.0. The van der Waals surface area contributed by atoms with Crippen LogP contribution in [0.2, 0.25) is 0 Å². The molecule has 4 N–H and O–H groups in total. The van der Waals surface area contributed by atoms with Gasteiger partial charge in [-0.1, -0.05) is 13.8 Å². The minimum atomic E-state index is -1.47. The Bertz CT molecular complexity index is 427. The normalized spacial score (nSPS) is 32.8. The second-order valence-electron chi connectivity index (χ2n) is 5.78. The average molecular weight is 350 g/mol. The molecule has 0 amide bonds. The third kappa shape index (κ3) is 5.38. The molecule has 0 aromatic heterocycles. The van der Waals surface area contributed by atoms with Crippen molar-refractivity contribution in [2.24, 2.45) is 0 Å². The highest BCUT2D eigenvalue weighted by Gasteiger charge is 2.43. The fraction of sp³-hybridized carbons (Fsp3) is 0.867. The summed E-state index contributed by atoms with van der Waals surface area (Å²) in [7, 11) is 0. The summed E-state index contributed by atoms with van der Waals surface area (Å²) in [6, 6.07) is 0. The summed E-state index contributed by atoms with van der Waals surface area (Å²) in [4.78, 5) is 22.7. The van der Waals surface area contributed by atoms with E-state index in [-0.39, 0.29) is 12.8 Å². The molecular formula is C15H26O9. The number of carboxylic acid groups (broad SMARTS) is 1. The molecule has 0 spiro atoms. The highest BCUT2D eigenvalue weighted by molar-refractivity contribution is 5.78. The molecule has 140 valence electrons. The van der Waals surface area contributed by atoms with Crippen LogP contribution in [0.25, 0.3) is 0 Å². The number of rotatable bonds is 8. The molecule has 0 radical (unpaired) electrons. The van der Waals surface area contributed by atoms with E-state index in [4.69, 9.17) is 19.3 Å². The third-order valence-corrected chi connectivity index (χ3v) is 3.90. The summed E-state index contributed by atoms with van der Waals surface area (Å²) >= 11 is 0. The Morgan fingerprint density at radius 3 is 2.21 bits per heavy atom. The number of aliphatic hydroxyl groups excluding tert-OH is 3. The third-order valence-electron chi connectivity index (χ3n) is 3.90. The largest absolute Gasteiger partial charge is 0.479 e. The van der Waals surface area contributed by atoms with Gasteiger partial charge in [-0.3, -0.25) is 4.79 Å². The molecule has 1 fully saturated rings. The molecule has 0 aromatic rings. The van der Waals surface area contributed by atoms with Gasteiger partial charge in [0.2, 0.25) is 0 Å². The maximum absolute atomic E-state index is 11.8. The lowest BCUT2D eigenvalue weighted by atomic mass is 10.00. The number of carbonyl (C=O) groups excluding carboxylic acids is 1. The van der Waals surface area contributed by atoms with Crippen LogP contribution in [0.4, 0.5) is 0 Å². The van der Waals surface area contributed by atoms with Gasteiger partial charge in [-0.15, -0.1) is 0 Å². The molecule has 9 nitrogen and oxygen atoms in total. The van der Waals surface area contributed by atoms with Crippen molar-refractivity contribution < 1.29 is 44.2 Å². The predicted molar refractivity (Wildman–Crippen MR) is 79.9 cm³/mol. The van der Waals surface area contributed by atoms with Crippen molar-refractivity contribution >= 4 is 11.9 Å². The van der Waals surface area contributed by atoms with Crippen LogP contribution in [0.3, 0.4) is 0 Å². The van der Waals surface area contributed by atoms with Gasteiger partial charge in [0, 0.05) is 0 Å². The fourth-order valence-corrected chi connectivity index (χ4v) is 2.31. The first-order valence-electron chi connectivity index (χ1n) is 7.98. The molecule has 1 saturated heterocycles. The van der Waals surface area contributed by atoms with Crippen LogP contribution >= 0.6 is 0 Å². The molecule has 1 aliphatic rings. The van der Waals surface area contributed by atoms with E-state index in [2.05, 4.69) is 0 Å². The van der Waals surface area contributed by atoms with Crippen molar-refractivity contribution in [2.75, 3.05) is 0 Å². The van der Waals surface area contributed by atoms with Crippen molar-refractivity contribution in [2.45, 2.75) is 82.9 Å². The van der Waals surface area contributed by atoms with Crippen LogP contribution in [0.1, 0.15) is 40.0 Å². The average Bonchev–Trinajstić information content (AvgIpc) is 2.54. The number of ether oxygens (including phenoxy) is 3. The van der Waals surface area contributed by atoms with Crippen LogP contribution in [-0.2, 0) is 23.8 Å². The zero-order chi connectivity index (χ0) is 18.4. The first kappa shape index (κ1) is 20.8. The molecule has 0 saturated carbocycles. The summed E-state index contributed by atoms with van der Waals surface area (Å²) in [5.74, 6) is -1.97. The van der Waals surface area contributed by atoms with Crippen LogP contribution < -0.4 is 0 Å². The Morgan fingerprint density at radius 2 is 1.71 bits per heavy atom. The Labute approximate surface area is 140 Å². The van der Waals surface area contributed by atoms with Gasteiger partial charge >= 0.3 is 11.9 Å². The molecule has 24 heavy (non-hydrogen) atoms. The van der Waals surface area contributed by atoms with E-state index in [9.17, 15) is 24.9 Å². The van der Waals surface area contributed by atoms with Crippen molar-refractivity contribution in [3.05, 3.63) is 0 Å². The monoisotopic (exact) mass is 350 g/mol. The van der Waals surface area contributed by atoms with Gasteiger partial charge in [-0.2, -0.15) is 0 Å². The Morgan fingerprint density at radius 1 is 1.08 bits per heavy atom. The molecule has 7 atom stereocenters. The summed E-state index contributed by atoms with van der Waals surface area (Å²) in [6.07, 6.45) is -7.73. The fourth-order valence-electron chi connectivity index (χ4n) is 2.31. The highest BCUT2D eigenvalue weighted by atomic mass is 16.7. The lowest BCUT2D eigenvalue weighted by Crippen LogP contribution is -2.58. The first-order chi connectivity index (χ1) is 11.2. The predicted octanol–water partition coefficient (Wildman–Crippen LogP) is -0.594. The minimum absolute atomic E-state index is 0.144.